The van der Waals surface area contributed by atoms with Crippen LogP contribution in [-0.4, -0.2) is 54.9 Å². The molecule has 0 aliphatic carbocycles. The SMILES string of the molecule is CCNC(=NCC(O)c1ccccc1F)N1CCC(OCC)CC1.I. The van der Waals surface area contributed by atoms with Crippen molar-refractivity contribution in [2.75, 3.05) is 32.8 Å². The van der Waals surface area contributed by atoms with Crippen LogP contribution in [0.2, 0.25) is 0 Å². The molecule has 1 saturated heterocycles. The van der Waals surface area contributed by atoms with Gasteiger partial charge in [-0.1, -0.05) is 18.2 Å². The molecule has 1 aromatic carbocycles. The van der Waals surface area contributed by atoms with E-state index in [-0.39, 0.29) is 36.1 Å². The maximum Gasteiger partial charge on any atom is 0.194 e. The lowest BCUT2D eigenvalue weighted by Crippen LogP contribution is -2.47. The number of aliphatic hydroxyl groups is 1. The predicted octanol–water partition coefficient (Wildman–Crippen LogP) is 2.94. The lowest BCUT2D eigenvalue weighted by Gasteiger charge is -2.34. The minimum absolute atomic E-state index is 0. The van der Waals surface area contributed by atoms with Crippen LogP contribution < -0.4 is 5.32 Å². The summed E-state index contributed by atoms with van der Waals surface area (Å²) in [6.45, 7) is 7.39. The van der Waals surface area contributed by atoms with Gasteiger partial charge in [-0.2, -0.15) is 0 Å². The smallest absolute Gasteiger partial charge is 0.194 e. The number of aliphatic hydroxyl groups excluding tert-OH is 1. The maximum atomic E-state index is 13.7. The first-order chi connectivity index (χ1) is 11.7. The monoisotopic (exact) mass is 465 g/mol. The Balaban J connectivity index is 0.00000312. The Hall–Kier alpha value is -0.930. The molecule has 0 spiro atoms. The van der Waals surface area contributed by atoms with E-state index in [9.17, 15) is 9.50 Å². The summed E-state index contributed by atoms with van der Waals surface area (Å²) in [5.41, 5.74) is 0.284. The number of benzene rings is 1. The van der Waals surface area contributed by atoms with Gasteiger partial charge in [-0.25, -0.2) is 4.39 Å². The molecule has 0 radical (unpaired) electrons. The molecule has 142 valence electrons. The predicted molar refractivity (Wildman–Crippen MR) is 109 cm³/mol. The molecule has 0 aromatic heterocycles. The third-order valence-electron chi connectivity index (χ3n) is 4.16. The number of guanidine groups is 1. The van der Waals surface area contributed by atoms with E-state index in [1.165, 1.54) is 6.07 Å². The Morgan fingerprint density at radius 2 is 2.04 bits per heavy atom. The van der Waals surface area contributed by atoms with Crippen molar-refractivity contribution in [2.45, 2.75) is 38.9 Å². The van der Waals surface area contributed by atoms with Crippen LogP contribution >= 0.6 is 24.0 Å². The van der Waals surface area contributed by atoms with Crippen LogP contribution in [0.3, 0.4) is 0 Å². The third-order valence-corrected chi connectivity index (χ3v) is 4.16. The number of nitrogens with zero attached hydrogens (tertiary/aromatic N) is 2. The lowest BCUT2D eigenvalue weighted by molar-refractivity contribution is 0.0263. The number of ether oxygens (including phenoxy) is 1. The van der Waals surface area contributed by atoms with Gasteiger partial charge in [0, 0.05) is 31.8 Å². The normalized spacial score (nSPS) is 17.1. The standard InChI is InChI=1S/C18H28FN3O2.HI/c1-3-20-18(22-11-9-14(10-12-22)24-4-2)21-13-17(23)15-7-5-6-8-16(15)19;/h5-8,14,17,23H,3-4,9-13H2,1-2H3,(H,20,21);1H. The van der Waals surface area contributed by atoms with Gasteiger partial charge in [0.25, 0.3) is 0 Å². The number of likely N-dealkylation sites (tertiary alicyclic amines) is 1. The largest absolute Gasteiger partial charge is 0.386 e. The second kappa shape index (κ2) is 11.6. The lowest BCUT2D eigenvalue weighted by atomic mass is 10.1. The van der Waals surface area contributed by atoms with Crippen LogP contribution in [0.1, 0.15) is 38.4 Å². The number of hydrogen-bond acceptors (Lipinski definition) is 3. The van der Waals surface area contributed by atoms with Crippen molar-refractivity contribution >= 4 is 29.9 Å². The molecule has 1 aliphatic heterocycles. The van der Waals surface area contributed by atoms with Gasteiger partial charge < -0.3 is 20.1 Å². The second-order valence-electron chi connectivity index (χ2n) is 5.87. The molecule has 1 aromatic rings. The average Bonchev–Trinajstić information content (AvgIpc) is 2.60. The van der Waals surface area contributed by atoms with Crippen molar-refractivity contribution in [1.29, 1.82) is 0 Å². The van der Waals surface area contributed by atoms with Crippen molar-refractivity contribution < 1.29 is 14.2 Å². The highest BCUT2D eigenvalue weighted by Crippen LogP contribution is 2.18. The quantitative estimate of drug-likeness (QED) is 0.386. The van der Waals surface area contributed by atoms with E-state index in [1.807, 2.05) is 13.8 Å². The van der Waals surface area contributed by atoms with E-state index < -0.39 is 11.9 Å². The fourth-order valence-corrected chi connectivity index (χ4v) is 2.91. The van der Waals surface area contributed by atoms with Crippen molar-refractivity contribution in [1.82, 2.24) is 10.2 Å². The molecular formula is C18H29FIN3O2. The zero-order valence-electron chi connectivity index (χ0n) is 14.9. The van der Waals surface area contributed by atoms with Gasteiger partial charge in [0.2, 0.25) is 0 Å². The fraction of sp³-hybridized carbons (Fsp3) is 0.611. The summed E-state index contributed by atoms with van der Waals surface area (Å²) < 4.78 is 19.4. The van der Waals surface area contributed by atoms with Crippen molar-refractivity contribution in [3.8, 4) is 0 Å². The van der Waals surface area contributed by atoms with Gasteiger partial charge in [-0.15, -0.1) is 24.0 Å². The van der Waals surface area contributed by atoms with Crippen LogP contribution in [0, 0.1) is 5.82 Å². The van der Waals surface area contributed by atoms with Gasteiger partial charge in [0.1, 0.15) is 11.9 Å². The molecule has 0 amide bonds. The average molecular weight is 465 g/mol. The molecule has 1 atom stereocenters. The summed E-state index contributed by atoms with van der Waals surface area (Å²) in [5, 5.41) is 13.5. The van der Waals surface area contributed by atoms with Gasteiger partial charge in [-0.05, 0) is 32.8 Å². The summed E-state index contributed by atoms with van der Waals surface area (Å²) in [4.78, 5) is 6.67. The topological polar surface area (TPSA) is 57.1 Å². The molecular weight excluding hydrogens is 436 g/mol. The molecule has 2 N–H and O–H groups in total. The first-order valence-corrected chi connectivity index (χ1v) is 8.73. The fourth-order valence-electron chi connectivity index (χ4n) is 2.91. The highest BCUT2D eigenvalue weighted by molar-refractivity contribution is 14.0. The van der Waals surface area contributed by atoms with E-state index in [0.717, 1.165) is 45.0 Å². The Labute approximate surface area is 166 Å². The van der Waals surface area contributed by atoms with Crippen molar-refractivity contribution in [3.63, 3.8) is 0 Å². The van der Waals surface area contributed by atoms with Gasteiger partial charge in [0.15, 0.2) is 5.96 Å². The van der Waals surface area contributed by atoms with Crippen molar-refractivity contribution in [3.05, 3.63) is 35.6 Å². The Bertz CT molecular complexity index is 537. The zero-order valence-corrected chi connectivity index (χ0v) is 17.3. The molecule has 1 heterocycles. The van der Waals surface area contributed by atoms with E-state index in [1.54, 1.807) is 18.2 Å². The molecule has 25 heavy (non-hydrogen) atoms. The molecule has 1 fully saturated rings. The first-order valence-electron chi connectivity index (χ1n) is 8.73. The summed E-state index contributed by atoms with van der Waals surface area (Å²) in [6.07, 6.45) is 1.31. The zero-order chi connectivity index (χ0) is 17.4. The van der Waals surface area contributed by atoms with Crippen LogP contribution in [0.15, 0.2) is 29.3 Å². The summed E-state index contributed by atoms with van der Waals surface area (Å²) in [7, 11) is 0. The number of hydrogen-bond donors (Lipinski definition) is 2. The van der Waals surface area contributed by atoms with E-state index in [2.05, 4.69) is 15.2 Å². The summed E-state index contributed by atoms with van der Waals surface area (Å²) in [5.74, 6) is 0.366. The number of aliphatic imine (C=N–C) groups is 1. The Kier molecular flexibility index (Phi) is 10.3. The highest BCUT2D eigenvalue weighted by Gasteiger charge is 2.22. The third kappa shape index (κ3) is 6.71. The first kappa shape index (κ1) is 22.1. The van der Waals surface area contributed by atoms with Crippen LogP contribution in [0.4, 0.5) is 4.39 Å². The van der Waals surface area contributed by atoms with E-state index >= 15 is 0 Å². The number of piperidine rings is 1. The molecule has 5 nitrogen and oxygen atoms in total. The molecule has 1 unspecified atom stereocenters. The number of nitrogens with one attached hydrogen (secondary N) is 1. The Morgan fingerprint density at radius 1 is 1.36 bits per heavy atom. The second-order valence-corrected chi connectivity index (χ2v) is 5.87. The minimum Gasteiger partial charge on any atom is -0.386 e. The van der Waals surface area contributed by atoms with Crippen molar-refractivity contribution in [2.24, 2.45) is 4.99 Å². The number of rotatable bonds is 6. The van der Waals surface area contributed by atoms with Gasteiger partial charge in [-0.3, -0.25) is 4.99 Å². The van der Waals surface area contributed by atoms with E-state index in [0.29, 0.717) is 6.10 Å². The minimum atomic E-state index is -0.944. The Morgan fingerprint density at radius 3 is 2.64 bits per heavy atom. The van der Waals surface area contributed by atoms with Gasteiger partial charge >= 0.3 is 0 Å². The highest BCUT2D eigenvalue weighted by atomic mass is 127. The molecule has 1 aliphatic rings. The van der Waals surface area contributed by atoms with Crippen LogP contribution in [0.5, 0.6) is 0 Å². The number of halogens is 2. The van der Waals surface area contributed by atoms with Crippen LogP contribution in [-0.2, 0) is 4.74 Å². The molecule has 7 heteroatoms. The van der Waals surface area contributed by atoms with E-state index in [4.69, 9.17) is 4.74 Å². The molecule has 2 rings (SSSR count). The summed E-state index contributed by atoms with van der Waals surface area (Å²) >= 11 is 0. The van der Waals surface area contributed by atoms with Crippen LogP contribution in [0.25, 0.3) is 0 Å². The summed E-state index contributed by atoms with van der Waals surface area (Å²) in [6, 6.07) is 6.28. The molecule has 0 bridgehead atoms. The van der Waals surface area contributed by atoms with Gasteiger partial charge in [0.05, 0.1) is 12.6 Å². The molecule has 0 saturated carbocycles. The maximum absolute atomic E-state index is 13.7.